The summed E-state index contributed by atoms with van der Waals surface area (Å²) in [5, 5.41) is 4.41. The van der Waals surface area contributed by atoms with Gasteiger partial charge in [-0.05, 0) is 30.7 Å². The molecule has 2 aliphatic rings. The molecule has 0 atom stereocenters. The van der Waals surface area contributed by atoms with E-state index in [1.807, 2.05) is 35.2 Å². The summed E-state index contributed by atoms with van der Waals surface area (Å²) in [5.74, 6) is 0.128. The van der Waals surface area contributed by atoms with Gasteiger partial charge in [0.25, 0.3) is 11.8 Å². The Bertz CT molecular complexity index is 979. The molecule has 0 N–H and O–H groups in total. The summed E-state index contributed by atoms with van der Waals surface area (Å²) >= 11 is 0. The molecule has 0 spiro atoms. The van der Waals surface area contributed by atoms with Gasteiger partial charge in [0.05, 0.1) is 6.54 Å². The van der Waals surface area contributed by atoms with Crippen LogP contribution in [-0.2, 0) is 17.9 Å². The average molecular weight is 438 g/mol. The summed E-state index contributed by atoms with van der Waals surface area (Å²) < 4.78 is 1.63. The number of rotatable bonds is 5. The maximum atomic E-state index is 13.1. The van der Waals surface area contributed by atoms with Gasteiger partial charge in [0.1, 0.15) is 5.69 Å². The van der Waals surface area contributed by atoms with E-state index in [0.717, 1.165) is 37.9 Å². The topological polar surface area (TPSA) is 78.8 Å². The van der Waals surface area contributed by atoms with E-state index in [1.54, 1.807) is 22.7 Å². The zero-order valence-electron chi connectivity index (χ0n) is 18.9. The van der Waals surface area contributed by atoms with E-state index in [-0.39, 0.29) is 30.0 Å². The largest absolute Gasteiger partial charge is 0.341 e. The van der Waals surface area contributed by atoms with E-state index in [9.17, 15) is 14.4 Å². The summed E-state index contributed by atoms with van der Waals surface area (Å²) in [4.78, 5) is 43.7. The molecule has 1 aromatic carbocycles. The molecule has 3 amide bonds. The monoisotopic (exact) mass is 437 g/mol. The molecule has 2 aliphatic heterocycles. The van der Waals surface area contributed by atoms with Gasteiger partial charge in [-0.1, -0.05) is 37.3 Å². The van der Waals surface area contributed by atoms with Crippen molar-refractivity contribution in [2.45, 2.75) is 39.3 Å². The van der Waals surface area contributed by atoms with Crippen LogP contribution >= 0.6 is 0 Å². The van der Waals surface area contributed by atoms with Crippen molar-refractivity contribution in [3.8, 4) is 0 Å². The zero-order chi connectivity index (χ0) is 22.7. The van der Waals surface area contributed by atoms with Crippen LogP contribution in [0.3, 0.4) is 0 Å². The Morgan fingerprint density at radius 2 is 1.81 bits per heavy atom. The van der Waals surface area contributed by atoms with E-state index in [0.29, 0.717) is 31.2 Å². The number of hydrogen-bond acceptors (Lipinski definition) is 4. The Morgan fingerprint density at radius 3 is 2.53 bits per heavy atom. The first-order valence-electron chi connectivity index (χ1n) is 11.4. The van der Waals surface area contributed by atoms with Crippen molar-refractivity contribution in [2.24, 2.45) is 5.92 Å². The predicted molar refractivity (Wildman–Crippen MR) is 120 cm³/mol. The van der Waals surface area contributed by atoms with Crippen LogP contribution in [0.4, 0.5) is 0 Å². The second kappa shape index (κ2) is 9.54. The lowest BCUT2D eigenvalue weighted by molar-refractivity contribution is -0.133. The molecule has 0 saturated carbocycles. The van der Waals surface area contributed by atoms with E-state index in [4.69, 9.17) is 0 Å². The third-order valence-corrected chi connectivity index (χ3v) is 6.38. The summed E-state index contributed by atoms with van der Waals surface area (Å²) in [7, 11) is 1.61. The number of aromatic nitrogens is 2. The number of piperidine rings is 1. The van der Waals surface area contributed by atoms with Crippen molar-refractivity contribution in [3.63, 3.8) is 0 Å². The van der Waals surface area contributed by atoms with Crippen LogP contribution in [0.2, 0.25) is 0 Å². The predicted octanol–water partition coefficient (Wildman–Crippen LogP) is 2.26. The van der Waals surface area contributed by atoms with Crippen LogP contribution < -0.4 is 0 Å². The Morgan fingerprint density at radius 1 is 1.09 bits per heavy atom. The molecule has 1 saturated heterocycles. The van der Waals surface area contributed by atoms with E-state index >= 15 is 0 Å². The van der Waals surface area contributed by atoms with Gasteiger partial charge in [-0.15, -0.1) is 0 Å². The average Bonchev–Trinajstić information content (AvgIpc) is 3.16. The van der Waals surface area contributed by atoms with Crippen LogP contribution in [0, 0.1) is 5.92 Å². The van der Waals surface area contributed by atoms with E-state index < -0.39 is 0 Å². The van der Waals surface area contributed by atoms with Crippen LogP contribution in [0.5, 0.6) is 0 Å². The molecule has 0 unspecified atom stereocenters. The van der Waals surface area contributed by atoms with Crippen molar-refractivity contribution in [2.75, 3.05) is 33.2 Å². The Labute approximate surface area is 188 Å². The van der Waals surface area contributed by atoms with Crippen LogP contribution in [0.15, 0.2) is 36.4 Å². The Hall–Kier alpha value is -3.16. The summed E-state index contributed by atoms with van der Waals surface area (Å²) in [6.07, 6.45) is 2.76. The fraction of sp³-hybridized carbons (Fsp3) is 0.500. The van der Waals surface area contributed by atoms with Crippen LogP contribution in [0.1, 0.15) is 52.7 Å². The van der Waals surface area contributed by atoms with Gasteiger partial charge in [-0.2, -0.15) is 5.10 Å². The first kappa shape index (κ1) is 22.0. The molecule has 0 aliphatic carbocycles. The van der Waals surface area contributed by atoms with Crippen LogP contribution in [-0.4, -0.2) is 75.4 Å². The number of fused-ring (bicyclic) bond motifs is 1. The van der Waals surface area contributed by atoms with Gasteiger partial charge in [-0.3, -0.25) is 19.1 Å². The maximum Gasteiger partial charge on any atom is 0.274 e. The quantitative estimate of drug-likeness (QED) is 0.719. The van der Waals surface area contributed by atoms with E-state index in [1.165, 1.54) is 4.90 Å². The molecule has 8 nitrogen and oxygen atoms in total. The fourth-order valence-electron chi connectivity index (χ4n) is 4.32. The van der Waals surface area contributed by atoms with Gasteiger partial charge in [0.15, 0.2) is 5.69 Å². The summed E-state index contributed by atoms with van der Waals surface area (Å²) in [6.45, 7) is 5.44. The first-order valence-corrected chi connectivity index (χ1v) is 11.4. The van der Waals surface area contributed by atoms with Crippen molar-refractivity contribution >= 4 is 17.7 Å². The highest BCUT2D eigenvalue weighted by molar-refractivity contribution is 5.99. The second-order valence-electron chi connectivity index (χ2n) is 8.93. The van der Waals surface area contributed by atoms with Gasteiger partial charge in [-0.25, -0.2) is 0 Å². The molecular weight excluding hydrogens is 406 g/mol. The van der Waals surface area contributed by atoms with Crippen molar-refractivity contribution in [1.29, 1.82) is 0 Å². The summed E-state index contributed by atoms with van der Waals surface area (Å²) in [5.41, 5.74) is 1.69. The number of amides is 3. The number of carbonyl (C=O) groups is 3. The number of likely N-dealkylation sites (N-methyl/N-ethyl adjacent to an activating group) is 1. The molecule has 2 aromatic rings. The van der Waals surface area contributed by atoms with Gasteiger partial charge >= 0.3 is 0 Å². The molecule has 1 aromatic heterocycles. The highest BCUT2D eigenvalue weighted by Gasteiger charge is 2.28. The number of aryl methyl sites for hydroxylation is 1. The lowest BCUT2D eigenvalue weighted by Crippen LogP contribution is -2.44. The minimum atomic E-state index is -0.341. The normalized spacial score (nSPS) is 17.1. The summed E-state index contributed by atoms with van der Waals surface area (Å²) in [6, 6.07) is 11.4. The molecule has 4 rings (SSSR count). The third kappa shape index (κ3) is 4.84. The number of likely N-dealkylation sites (tertiary alicyclic amines) is 1. The molecular formula is C24H31N5O3. The minimum Gasteiger partial charge on any atom is -0.341 e. The van der Waals surface area contributed by atoms with E-state index in [2.05, 4.69) is 12.0 Å². The molecule has 1 fully saturated rings. The zero-order valence-corrected chi connectivity index (χ0v) is 18.9. The lowest BCUT2D eigenvalue weighted by Gasteiger charge is -2.31. The highest BCUT2D eigenvalue weighted by Crippen LogP contribution is 2.18. The smallest absolute Gasteiger partial charge is 0.274 e. The molecule has 32 heavy (non-hydrogen) atoms. The van der Waals surface area contributed by atoms with Crippen LogP contribution in [0.25, 0.3) is 0 Å². The second-order valence-corrected chi connectivity index (χ2v) is 8.93. The van der Waals surface area contributed by atoms with Crippen molar-refractivity contribution < 1.29 is 14.4 Å². The third-order valence-electron chi connectivity index (χ3n) is 6.38. The molecule has 0 bridgehead atoms. The van der Waals surface area contributed by atoms with Crippen molar-refractivity contribution in [1.82, 2.24) is 24.5 Å². The number of hydrogen-bond donors (Lipinski definition) is 0. The Balaban J connectivity index is 1.42. The fourth-order valence-corrected chi connectivity index (χ4v) is 4.32. The van der Waals surface area contributed by atoms with Gasteiger partial charge in [0.2, 0.25) is 5.91 Å². The standard InChI is InChI=1S/C24H31N5O3/c1-18-9-13-27(14-10-18)22(30)17-26(2)23(31)20-15-21-24(32)28(11-6-12-29(21)25-20)16-19-7-4-3-5-8-19/h3-5,7-8,15,18H,6,9-14,16-17H2,1-2H3. The molecule has 170 valence electrons. The van der Waals surface area contributed by atoms with Crippen molar-refractivity contribution in [3.05, 3.63) is 53.3 Å². The Kier molecular flexibility index (Phi) is 6.58. The number of nitrogens with zero attached hydrogens (tertiary/aromatic N) is 5. The van der Waals surface area contributed by atoms with Gasteiger partial charge < -0.3 is 14.7 Å². The first-order chi connectivity index (χ1) is 15.4. The van der Waals surface area contributed by atoms with Gasteiger partial charge in [0, 0.05) is 45.8 Å². The maximum absolute atomic E-state index is 13.1. The molecule has 3 heterocycles. The highest BCUT2D eigenvalue weighted by atomic mass is 16.2. The number of carbonyl (C=O) groups excluding carboxylic acids is 3. The lowest BCUT2D eigenvalue weighted by atomic mass is 9.99. The molecule has 0 radical (unpaired) electrons. The molecule has 8 heteroatoms. The number of benzene rings is 1. The minimum absolute atomic E-state index is 0.0173. The SMILES string of the molecule is CC1CCN(C(=O)CN(C)C(=O)c2cc3n(n2)CCCN(Cc2ccccc2)C3=O)CC1.